The Morgan fingerprint density at radius 3 is 3.18 bits per heavy atom. The quantitative estimate of drug-likeness (QED) is 0.648. The number of methoxy groups -OCH3 is 1. The summed E-state index contributed by atoms with van der Waals surface area (Å²) in [7, 11) is -2.56. The smallest absolute Gasteiger partial charge is 0.136 e. The molecule has 0 aliphatic carbocycles. The lowest BCUT2D eigenvalue weighted by Crippen LogP contribution is -1.86. The highest BCUT2D eigenvalue weighted by atomic mass is 35.5. The van der Waals surface area contributed by atoms with Crippen LogP contribution in [0.3, 0.4) is 0 Å². The van der Waals surface area contributed by atoms with Crippen molar-refractivity contribution in [1.29, 1.82) is 5.26 Å². The summed E-state index contributed by atoms with van der Waals surface area (Å²) in [6.07, 6.45) is 0. The van der Waals surface area contributed by atoms with Gasteiger partial charge < -0.3 is 4.74 Å². The third-order valence-corrected chi connectivity index (χ3v) is 1.41. The molecule has 1 rings (SSSR count). The van der Waals surface area contributed by atoms with Crippen LogP contribution in [0.5, 0.6) is 5.75 Å². The number of benzene rings is 1. The van der Waals surface area contributed by atoms with Crippen LogP contribution >= 0.6 is 11.6 Å². The van der Waals surface area contributed by atoms with Crippen molar-refractivity contribution in [3.05, 3.63) is 28.8 Å². The molecule has 11 heavy (non-hydrogen) atoms. The molecule has 2 nitrogen and oxygen atoms in total. The van der Waals surface area contributed by atoms with E-state index >= 15 is 0 Å². The van der Waals surface area contributed by atoms with E-state index in [1.807, 2.05) is 0 Å². The fraction of sp³-hybridized carbons (Fsp3) is 0.125. The summed E-state index contributed by atoms with van der Waals surface area (Å²) in [6.45, 7) is 0. The minimum Gasteiger partial charge on any atom is -0.495 e. The van der Waals surface area contributed by atoms with Crippen molar-refractivity contribution < 1.29 is 8.85 Å². The van der Waals surface area contributed by atoms with E-state index in [1.165, 1.54) is 18.2 Å². The van der Waals surface area contributed by atoms with Gasteiger partial charge in [-0.2, -0.15) is 5.26 Å². The van der Waals surface area contributed by atoms with Crippen molar-refractivity contribution in [2.75, 3.05) is 7.04 Å². The second kappa shape index (κ2) is 3.27. The minimum atomic E-state index is -2.56. The normalized spacial score (nSPS) is 14.0. The van der Waals surface area contributed by atoms with Gasteiger partial charge in [0, 0.05) is 5.02 Å². The fourth-order valence-corrected chi connectivity index (χ4v) is 0.851. The number of rotatable bonds is 1. The van der Waals surface area contributed by atoms with Gasteiger partial charge in [-0.25, -0.2) is 0 Å². The van der Waals surface area contributed by atoms with E-state index in [0.29, 0.717) is 5.02 Å². The first kappa shape index (κ1) is 4.63. The Balaban J connectivity index is 3.05. The summed E-state index contributed by atoms with van der Waals surface area (Å²) in [4.78, 5) is 0. The van der Waals surface area contributed by atoms with Gasteiger partial charge >= 0.3 is 0 Å². The van der Waals surface area contributed by atoms with E-state index in [1.54, 1.807) is 6.07 Å². The average molecular weight is 171 g/mol. The molecule has 1 aromatic carbocycles. The minimum absolute atomic E-state index is 0.0110. The number of hydrogen-bond acceptors (Lipinski definition) is 2. The first-order chi connectivity index (χ1) is 6.42. The van der Waals surface area contributed by atoms with E-state index in [9.17, 15) is 0 Å². The van der Waals surface area contributed by atoms with Crippen molar-refractivity contribution in [3.63, 3.8) is 0 Å². The topological polar surface area (TPSA) is 33.0 Å². The molecular formula is C8H6ClNO. The molecule has 0 aliphatic heterocycles. The molecule has 0 atom stereocenters. The van der Waals surface area contributed by atoms with E-state index in [4.69, 9.17) is 21.0 Å². The molecule has 0 bridgehead atoms. The van der Waals surface area contributed by atoms with Gasteiger partial charge in [-0.05, 0) is 18.2 Å². The van der Waals surface area contributed by atoms with Crippen molar-refractivity contribution in [3.8, 4) is 11.8 Å². The Morgan fingerprint density at radius 2 is 2.55 bits per heavy atom. The maximum atomic E-state index is 8.67. The van der Waals surface area contributed by atoms with Gasteiger partial charge in [0.2, 0.25) is 0 Å². The van der Waals surface area contributed by atoms with Gasteiger partial charge in [0.25, 0.3) is 0 Å². The highest BCUT2D eigenvalue weighted by Crippen LogP contribution is 2.20. The second-order valence-corrected chi connectivity index (χ2v) is 2.29. The first-order valence-electron chi connectivity index (χ1n) is 4.31. The molecule has 0 aromatic heterocycles. The van der Waals surface area contributed by atoms with Gasteiger partial charge in [0.15, 0.2) is 0 Å². The maximum Gasteiger partial charge on any atom is 0.136 e. The van der Waals surface area contributed by atoms with Gasteiger partial charge in [-0.1, -0.05) is 11.6 Å². The molecular weight excluding hydrogens is 162 g/mol. The van der Waals surface area contributed by atoms with Crippen LogP contribution in [0.4, 0.5) is 0 Å². The van der Waals surface area contributed by atoms with Crippen LogP contribution in [0, 0.1) is 11.3 Å². The number of hydrogen-bond donors (Lipinski definition) is 0. The first-order valence-corrected chi connectivity index (χ1v) is 3.19. The van der Waals surface area contributed by atoms with Crippen molar-refractivity contribution in [2.45, 2.75) is 0 Å². The van der Waals surface area contributed by atoms with Crippen LogP contribution in [0.15, 0.2) is 18.2 Å². The summed E-state index contributed by atoms with van der Waals surface area (Å²) in [6, 6.07) is 5.97. The lowest BCUT2D eigenvalue weighted by atomic mass is 10.2. The van der Waals surface area contributed by atoms with Crippen LogP contribution < -0.4 is 4.74 Å². The largest absolute Gasteiger partial charge is 0.495 e. The van der Waals surface area contributed by atoms with Gasteiger partial charge in [0.05, 0.1) is 16.7 Å². The standard InChI is InChI=1S/C8H6ClNO/c1-11-8-3-2-7(9)4-6(8)5-10/h2-4H,1H3/i1D3. The van der Waals surface area contributed by atoms with Crippen molar-refractivity contribution in [2.24, 2.45) is 0 Å². The van der Waals surface area contributed by atoms with Crippen LogP contribution in [-0.4, -0.2) is 7.04 Å². The van der Waals surface area contributed by atoms with E-state index in [-0.39, 0.29) is 11.3 Å². The predicted octanol–water partition coefficient (Wildman–Crippen LogP) is 2.22. The van der Waals surface area contributed by atoms with Crippen LogP contribution in [0.2, 0.25) is 5.02 Å². The van der Waals surface area contributed by atoms with Crippen LogP contribution in [-0.2, 0) is 0 Å². The van der Waals surface area contributed by atoms with Gasteiger partial charge in [-0.15, -0.1) is 0 Å². The third kappa shape index (κ3) is 1.63. The number of nitriles is 1. The lowest BCUT2D eigenvalue weighted by molar-refractivity contribution is 0.413. The Bertz CT molecular complexity index is 383. The van der Waals surface area contributed by atoms with Crippen molar-refractivity contribution in [1.82, 2.24) is 0 Å². The molecule has 0 fully saturated rings. The third-order valence-electron chi connectivity index (χ3n) is 1.17. The van der Waals surface area contributed by atoms with Crippen LogP contribution in [0.1, 0.15) is 9.68 Å². The molecule has 0 saturated heterocycles. The highest BCUT2D eigenvalue weighted by molar-refractivity contribution is 6.30. The molecule has 1 aromatic rings. The van der Waals surface area contributed by atoms with E-state index in [2.05, 4.69) is 4.74 Å². The van der Waals surface area contributed by atoms with Gasteiger partial charge in [0.1, 0.15) is 11.8 Å². The van der Waals surface area contributed by atoms with E-state index < -0.39 is 7.04 Å². The number of ether oxygens (including phenoxy) is 1. The van der Waals surface area contributed by atoms with Crippen molar-refractivity contribution >= 4 is 11.6 Å². The molecule has 0 heterocycles. The summed E-state index contributed by atoms with van der Waals surface area (Å²) in [5.41, 5.74) is 0.105. The zero-order valence-electron chi connectivity index (χ0n) is 8.47. The molecule has 0 aliphatic rings. The Hall–Kier alpha value is -1.20. The summed E-state index contributed by atoms with van der Waals surface area (Å²) >= 11 is 5.62. The number of halogens is 1. The molecule has 3 heteroatoms. The van der Waals surface area contributed by atoms with E-state index in [0.717, 1.165) is 0 Å². The molecule has 0 spiro atoms. The molecule has 0 unspecified atom stereocenters. The zero-order valence-corrected chi connectivity index (χ0v) is 6.22. The highest BCUT2D eigenvalue weighted by Gasteiger charge is 2.00. The monoisotopic (exact) mass is 170 g/mol. The molecule has 0 radical (unpaired) electrons. The lowest BCUT2D eigenvalue weighted by Gasteiger charge is -2.00. The fourth-order valence-electron chi connectivity index (χ4n) is 0.679. The molecule has 0 N–H and O–H groups in total. The Morgan fingerprint density at radius 1 is 1.73 bits per heavy atom. The predicted molar refractivity (Wildman–Crippen MR) is 42.7 cm³/mol. The SMILES string of the molecule is [2H]C([2H])([2H])Oc1ccc(Cl)cc1C#N. The maximum absolute atomic E-state index is 8.67. The molecule has 0 saturated carbocycles. The van der Waals surface area contributed by atoms with Crippen LogP contribution in [0.25, 0.3) is 0 Å². The molecule has 56 valence electrons. The molecule has 0 amide bonds. The zero-order chi connectivity index (χ0) is 10.8. The summed E-state index contributed by atoms with van der Waals surface area (Å²) in [5.74, 6) is 0.0110. The average Bonchev–Trinajstić information content (AvgIpc) is 2.06. The Kier molecular flexibility index (Phi) is 1.38. The summed E-state index contributed by atoms with van der Waals surface area (Å²) in [5, 5.41) is 9.03. The van der Waals surface area contributed by atoms with Gasteiger partial charge in [-0.3, -0.25) is 0 Å². The summed E-state index contributed by atoms with van der Waals surface area (Å²) < 4.78 is 25.2. The Labute approximate surface area is 74.2 Å². The second-order valence-electron chi connectivity index (χ2n) is 1.85. The number of nitrogens with zero attached hydrogens (tertiary/aromatic N) is 1.